The third-order valence-electron chi connectivity index (χ3n) is 3.91. The summed E-state index contributed by atoms with van der Waals surface area (Å²) in [5.41, 5.74) is 3.41. The van der Waals surface area contributed by atoms with E-state index in [4.69, 9.17) is 9.68 Å². The fraction of sp³-hybridized carbons (Fsp3) is 0.105. The summed E-state index contributed by atoms with van der Waals surface area (Å²) in [4.78, 5) is 2.05. The second-order valence-electron chi connectivity index (χ2n) is 5.26. The largest absolute Gasteiger partial charge is 0.457 e. The van der Waals surface area contributed by atoms with Gasteiger partial charge in [-0.2, -0.15) is 5.26 Å². The van der Waals surface area contributed by atoms with E-state index in [2.05, 4.69) is 29.4 Å². The average molecular weight is 303 g/mol. The van der Waals surface area contributed by atoms with Crippen LogP contribution in [0.1, 0.15) is 17.5 Å². The number of likely N-dealkylation sites (N-methyl/N-ethyl adjacent to an activating group) is 1. The summed E-state index contributed by atoms with van der Waals surface area (Å²) in [6.45, 7) is 7.66. The molecule has 4 nitrogen and oxygen atoms in total. The van der Waals surface area contributed by atoms with Crippen molar-refractivity contribution in [1.82, 2.24) is 10.2 Å². The van der Waals surface area contributed by atoms with Crippen molar-refractivity contribution in [3.63, 3.8) is 0 Å². The van der Waals surface area contributed by atoms with E-state index in [0.29, 0.717) is 5.56 Å². The summed E-state index contributed by atoms with van der Waals surface area (Å²) in [7, 11) is 1.98. The van der Waals surface area contributed by atoms with E-state index in [9.17, 15) is 0 Å². The van der Waals surface area contributed by atoms with Gasteiger partial charge in [-0.1, -0.05) is 25.3 Å². The minimum absolute atomic E-state index is 0.108. The van der Waals surface area contributed by atoms with Crippen LogP contribution < -0.4 is 5.32 Å². The van der Waals surface area contributed by atoms with E-state index in [1.54, 1.807) is 18.2 Å². The van der Waals surface area contributed by atoms with E-state index < -0.39 is 0 Å². The standard InChI is InChI=1S/C19H17N3O/c1-4-15-16(5-2)22(3)19(21-15)18-10-9-17(23-18)14-8-6-7-13(11-14)12-20/h4-11,19,21H,1-2H2,3H3. The van der Waals surface area contributed by atoms with Crippen LogP contribution in [0.25, 0.3) is 11.3 Å². The fourth-order valence-corrected chi connectivity index (χ4v) is 2.72. The Morgan fingerprint density at radius 3 is 2.74 bits per heavy atom. The van der Waals surface area contributed by atoms with Crippen molar-refractivity contribution in [2.45, 2.75) is 6.17 Å². The van der Waals surface area contributed by atoms with Gasteiger partial charge in [-0.25, -0.2) is 0 Å². The molecule has 0 amide bonds. The van der Waals surface area contributed by atoms with Crippen LogP contribution in [0, 0.1) is 11.3 Å². The van der Waals surface area contributed by atoms with E-state index >= 15 is 0 Å². The molecule has 1 N–H and O–H groups in total. The number of hydrogen-bond donors (Lipinski definition) is 1. The summed E-state index contributed by atoms with van der Waals surface area (Å²) >= 11 is 0. The minimum Gasteiger partial charge on any atom is -0.457 e. The van der Waals surface area contributed by atoms with E-state index in [1.165, 1.54) is 0 Å². The van der Waals surface area contributed by atoms with Crippen molar-refractivity contribution in [2.24, 2.45) is 0 Å². The molecule has 0 bridgehead atoms. The smallest absolute Gasteiger partial charge is 0.159 e. The van der Waals surface area contributed by atoms with Gasteiger partial charge in [0.25, 0.3) is 0 Å². The summed E-state index contributed by atoms with van der Waals surface area (Å²) in [5.74, 6) is 1.53. The second-order valence-corrected chi connectivity index (χ2v) is 5.26. The quantitative estimate of drug-likeness (QED) is 0.929. The van der Waals surface area contributed by atoms with Gasteiger partial charge in [0.05, 0.1) is 23.0 Å². The van der Waals surface area contributed by atoms with Gasteiger partial charge in [-0.05, 0) is 36.4 Å². The van der Waals surface area contributed by atoms with E-state index in [-0.39, 0.29) is 6.17 Å². The third-order valence-corrected chi connectivity index (χ3v) is 3.91. The lowest BCUT2D eigenvalue weighted by Crippen LogP contribution is -2.25. The molecule has 2 heterocycles. The van der Waals surface area contributed by atoms with Gasteiger partial charge in [0.15, 0.2) is 6.17 Å². The van der Waals surface area contributed by atoms with Crippen molar-refractivity contribution in [3.8, 4) is 17.4 Å². The Morgan fingerprint density at radius 2 is 2.09 bits per heavy atom. The minimum atomic E-state index is -0.108. The van der Waals surface area contributed by atoms with Crippen LogP contribution in [0.4, 0.5) is 0 Å². The summed E-state index contributed by atoms with van der Waals surface area (Å²) in [6.07, 6.45) is 3.46. The van der Waals surface area contributed by atoms with E-state index in [1.807, 2.05) is 37.4 Å². The Balaban J connectivity index is 1.90. The molecule has 1 aliphatic rings. The van der Waals surface area contributed by atoms with Crippen LogP contribution >= 0.6 is 0 Å². The van der Waals surface area contributed by atoms with Gasteiger partial charge in [0.1, 0.15) is 11.5 Å². The molecule has 1 unspecified atom stereocenters. The molecule has 1 aromatic carbocycles. The monoisotopic (exact) mass is 303 g/mol. The van der Waals surface area contributed by atoms with Crippen molar-refractivity contribution in [2.75, 3.05) is 7.05 Å². The first kappa shape index (κ1) is 14.7. The lowest BCUT2D eigenvalue weighted by atomic mass is 10.1. The Morgan fingerprint density at radius 1 is 1.26 bits per heavy atom. The highest BCUT2D eigenvalue weighted by molar-refractivity contribution is 5.60. The van der Waals surface area contributed by atoms with Crippen LogP contribution in [-0.4, -0.2) is 11.9 Å². The molecule has 1 aliphatic heterocycles. The first-order valence-electron chi connectivity index (χ1n) is 7.26. The average Bonchev–Trinajstić information content (AvgIpc) is 3.19. The van der Waals surface area contributed by atoms with Gasteiger partial charge in [0, 0.05) is 12.6 Å². The zero-order valence-electron chi connectivity index (χ0n) is 12.9. The molecule has 3 rings (SSSR count). The number of nitrogens with zero attached hydrogens (tertiary/aromatic N) is 2. The highest BCUT2D eigenvalue weighted by Crippen LogP contribution is 2.33. The predicted molar refractivity (Wildman–Crippen MR) is 89.9 cm³/mol. The Bertz CT molecular complexity index is 838. The maximum absolute atomic E-state index is 9.01. The van der Waals surface area contributed by atoms with Crippen LogP contribution in [-0.2, 0) is 0 Å². The molecule has 0 radical (unpaired) electrons. The summed E-state index contributed by atoms with van der Waals surface area (Å²) in [6, 6.07) is 13.4. The third kappa shape index (κ3) is 2.53. The molecule has 1 aromatic heterocycles. The van der Waals surface area contributed by atoms with Crippen molar-refractivity contribution in [3.05, 3.63) is 84.4 Å². The number of allylic oxidation sites excluding steroid dienone is 2. The topological polar surface area (TPSA) is 52.2 Å². The maximum atomic E-state index is 9.01. The number of hydrogen-bond acceptors (Lipinski definition) is 4. The Labute approximate surface area is 135 Å². The zero-order valence-corrected chi connectivity index (χ0v) is 12.9. The number of rotatable bonds is 4. The second kappa shape index (κ2) is 5.90. The molecule has 0 fully saturated rings. The Kier molecular flexibility index (Phi) is 3.78. The molecule has 0 spiro atoms. The van der Waals surface area contributed by atoms with Crippen molar-refractivity contribution >= 4 is 0 Å². The number of nitriles is 1. The van der Waals surface area contributed by atoms with Gasteiger partial charge in [0.2, 0.25) is 0 Å². The summed E-state index contributed by atoms with van der Waals surface area (Å²) < 4.78 is 6.00. The molecule has 2 aromatic rings. The highest BCUT2D eigenvalue weighted by atomic mass is 16.3. The Hall–Kier alpha value is -3.19. The van der Waals surface area contributed by atoms with Gasteiger partial charge in [-0.3, -0.25) is 0 Å². The molecule has 4 heteroatoms. The van der Waals surface area contributed by atoms with Crippen LogP contribution in [0.3, 0.4) is 0 Å². The lowest BCUT2D eigenvalue weighted by Gasteiger charge is -2.21. The summed E-state index contributed by atoms with van der Waals surface area (Å²) in [5, 5.41) is 12.4. The molecule has 0 aliphatic carbocycles. The predicted octanol–water partition coefficient (Wildman–Crippen LogP) is 3.94. The van der Waals surface area contributed by atoms with Crippen LogP contribution in [0.5, 0.6) is 0 Å². The molecule has 0 saturated carbocycles. The van der Waals surface area contributed by atoms with Gasteiger partial charge >= 0.3 is 0 Å². The molecule has 114 valence electrons. The number of furan rings is 1. The van der Waals surface area contributed by atoms with Crippen LogP contribution in [0.15, 0.2) is 77.5 Å². The first-order chi connectivity index (χ1) is 11.2. The first-order valence-corrected chi connectivity index (χ1v) is 7.26. The molecule has 1 atom stereocenters. The molecule has 0 saturated heterocycles. The number of nitrogens with one attached hydrogen (secondary N) is 1. The van der Waals surface area contributed by atoms with Crippen molar-refractivity contribution < 1.29 is 4.42 Å². The zero-order chi connectivity index (χ0) is 16.4. The van der Waals surface area contributed by atoms with Gasteiger partial charge < -0.3 is 14.6 Å². The van der Waals surface area contributed by atoms with Crippen molar-refractivity contribution in [1.29, 1.82) is 5.26 Å². The molecule has 23 heavy (non-hydrogen) atoms. The SMILES string of the molecule is C=CC1=C(C=C)N(C)C(c2ccc(-c3cccc(C#N)c3)o2)N1. The lowest BCUT2D eigenvalue weighted by molar-refractivity contribution is 0.278. The molecular formula is C19H17N3O. The normalized spacial score (nSPS) is 16.9. The van der Waals surface area contributed by atoms with Gasteiger partial charge in [-0.15, -0.1) is 0 Å². The highest BCUT2D eigenvalue weighted by Gasteiger charge is 2.29. The van der Waals surface area contributed by atoms with E-state index in [0.717, 1.165) is 28.5 Å². The van der Waals surface area contributed by atoms with Crippen LogP contribution in [0.2, 0.25) is 0 Å². The fourth-order valence-electron chi connectivity index (χ4n) is 2.72. The number of benzene rings is 1. The molecular weight excluding hydrogens is 286 g/mol. The maximum Gasteiger partial charge on any atom is 0.159 e.